The van der Waals surface area contributed by atoms with Crippen LogP contribution in [0.1, 0.15) is 12.0 Å². The number of hydrogen-bond donors (Lipinski definition) is 2. The summed E-state index contributed by atoms with van der Waals surface area (Å²) in [5.41, 5.74) is 0.842. The molecule has 0 fully saturated rings. The molecule has 0 unspecified atom stereocenters. The zero-order valence-electron chi connectivity index (χ0n) is 10.2. The molecular formula is C11H15FN2O3S. The average molecular weight is 274 g/mol. The van der Waals surface area contributed by atoms with Crippen LogP contribution in [0.15, 0.2) is 18.2 Å². The molecule has 100 valence electrons. The van der Waals surface area contributed by atoms with Crippen molar-refractivity contribution < 1.29 is 17.6 Å². The molecule has 0 bridgehead atoms. The Kier molecular flexibility index (Phi) is 4.80. The van der Waals surface area contributed by atoms with Crippen LogP contribution in [0, 0.1) is 12.7 Å². The molecular weight excluding hydrogens is 259 g/mol. The zero-order valence-corrected chi connectivity index (χ0v) is 11.0. The highest BCUT2D eigenvalue weighted by atomic mass is 32.2. The minimum absolute atomic E-state index is 0.0113. The lowest BCUT2D eigenvalue weighted by Gasteiger charge is -2.06. The Labute approximate surface area is 105 Å². The lowest BCUT2D eigenvalue weighted by atomic mass is 10.2. The number of hydrogen-bond acceptors (Lipinski definition) is 3. The van der Waals surface area contributed by atoms with E-state index in [1.165, 1.54) is 6.07 Å². The highest BCUT2D eigenvalue weighted by Crippen LogP contribution is 2.13. The molecule has 1 aromatic rings. The van der Waals surface area contributed by atoms with E-state index < -0.39 is 15.8 Å². The summed E-state index contributed by atoms with van der Waals surface area (Å²) >= 11 is 0. The van der Waals surface area contributed by atoms with E-state index in [9.17, 15) is 17.6 Å². The van der Waals surface area contributed by atoms with Gasteiger partial charge in [-0.1, -0.05) is 6.07 Å². The summed E-state index contributed by atoms with van der Waals surface area (Å²) in [5, 5.41) is 2.48. The van der Waals surface area contributed by atoms with Crippen molar-refractivity contribution in [1.82, 2.24) is 4.72 Å². The predicted molar refractivity (Wildman–Crippen MR) is 67.2 cm³/mol. The largest absolute Gasteiger partial charge is 0.326 e. The van der Waals surface area contributed by atoms with Gasteiger partial charge in [0.05, 0.1) is 6.26 Å². The monoisotopic (exact) mass is 274 g/mol. The number of benzene rings is 1. The first-order valence-electron chi connectivity index (χ1n) is 5.28. The van der Waals surface area contributed by atoms with E-state index in [1.54, 1.807) is 19.1 Å². The third kappa shape index (κ3) is 5.24. The van der Waals surface area contributed by atoms with E-state index in [-0.39, 0.29) is 18.9 Å². The van der Waals surface area contributed by atoms with Gasteiger partial charge in [-0.3, -0.25) is 4.79 Å². The van der Waals surface area contributed by atoms with Gasteiger partial charge in [-0.05, 0) is 24.6 Å². The van der Waals surface area contributed by atoms with Gasteiger partial charge >= 0.3 is 0 Å². The molecule has 0 aromatic heterocycles. The SMILES string of the molecule is Cc1ccc(NC(=O)CCNS(C)(=O)=O)cc1F. The Morgan fingerprint density at radius 3 is 2.61 bits per heavy atom. The molecule has 1 rings (SSSR count). The maximum absolute atomic E-state index is 13.2. The second-order valence-corrected chi connectivity index (χ2v) is 5.76. The molecule has 5 nitrogen and oxygen atoms in total. The molecule has 2 N–H and O–H groups in total. The van der Waals surface area contributed by atoms with Crippen molar-refractivity contribution in [2.75, 3.05) is 18.1 Å². The maximum Gasteiger partial charge on any atom is 0.225 e. The summed E-state index contributed by atoms with van der Waals surface area (Å²) in [7, 11) is -3.29. The Hall–Kier alpha value is -1.47. The molecule has 7 heteroatoms. The van der Waals surface area contributed by atoms with Gasteiger partial charge in [-0.15, -0.1) is 0 Å². The molecule has 0 atom stereocenters. The summed E-state index contributed by atoms with van der Waals surface area (Å²) in [5.74, 6) is -0.781. The predicted octanol–water partition coefficient (Wildman–Crippen LogP) is 1.01. The third-order valence-electron chi connectivity index (χ3n) is 2.17. The molecule has 0 saturated heterocycles. The van der Waals surface area contributed by atoms with Crippen molar-refractivity contribution in [2.45, 2.75) is 13.3 Å². The van der Waals surface area contributed by atoms with Crippen LogP contribution in [0.25, 0.3) is 0 Å². The summed E-state index contributed by atoms with van der Waals surface area (Å²) in [6.07, 6.45) is 1.00. The fourth-order valence-corrected chi connectivity index (χ4v) is 1.72. The number of amides is 1. The molecule has 0 spiro atoms. The van der Waals surface area contributed by atoms with Crippen LogP contribution in [0.5, 0.6) is 0 Å². The van der Waals surface area contributed by atoms with Gasteiger partial charge in [0, 0.05) is 18.7 Å². The average Bonchev–Trinajstić information content (AvgIpc) is 2.21. The second kappa shape index (κ2) is 5.92. The van der Waals surface area contributed by atoms with Crippen molar-refractivity contribution >= 4 is 21.6 Å². The number of anilines is 1. The number of halogens is 1. The van der Waals surface area contributed by atoms with E-state index in [2.05, 4.69) is 10.0 Å². The third-order valence-corrected chi connectivity index (χ3v) is 2.90. The van der Waals surface area contributed by atoms with E-state index in [4.69, 9.17) is 0 Å². The van der Waals surface area contributed by atoms with E-state index in [0.717, 1.165) is 6.26 Å². The molecule has 0 heterocycles. The van der Waals surface area contributed by atoms with Crippen LogP contribution < -0.4 is 10.0 Å². The quantitative estimate of drug-likeness (QED) is 0.841. The number of rotatable bonds is 5. The number of sulfonamides is 1. The number of carbonyl (C=O) groups is 1. The van der Waals surface area contributed by atoms with Crippen LogP contribution >= 0.6 is 0 Å². The summed E-state index contributed by atoms with van der Waals surface area (Å²) in [6.45, 7) is 1.63. The van der Waals surface area contributed by atoms with E-state index in [0.29, 0.717) is 11.3 Å². The van der Waals surface area contributed by atoms with Crippen molar-refractivity contribution in [3.05, 3.63) is 29.6 Å². The molecule has 1 amide bonds. The van der Waals surface area contributed by atoms with Gasteiger partial charge < -0.3 is 5.32 Å². The van der Waals surface area contributed by atoms with Crippen LogP contribution in [0.3, 0.4) is 0 Å². The molecule has 18 heavy (non-hydrogen) atoms. The fourth-order valence-electron chi connectivity index (χ4n) is 1.24. The fraction of sp³-hybridized carbons (Fsp3) is 0.364. The number of aryl methyl sites for hydroxylation is 1. The highest BCUT2D eigenvalue weighted by Gasteiger charge is 2.06. The molecule has 0 aliphatic rings. The molecule has 0 aliphatic heterocycles. The van der Waals surface area contributed by atoms with Crippen molar-refractivity contribution in [2.24, 2.45) is 0 Å². The second-order valence-electron chi connectivity index (χ2n) is 3.93. The lowest BCUT2D eigenvalue weighted by Crippen LogP contribution is -2.26. The first-order chi connectivity index (χ1) is 8.28. The highest BCUT2D eigenvalue weighted by molar-refractivity contribution is 7.88. The van der Waals surface area contributed by atoms with Gasteiger partial charge in [-0.2, -0.15) is 0 Å². The van der Waals surface area contributed by atoms with Crippen molar-refractivity contribution in [1.29, 1.82) is 0 Å². The van der Waals surface area contributed by atoms with Crippen molar-refractivity contribution in [3.8, 4) is 0 Å². The van der Waals surface area contributed by atoms with Gasteiger partial charge in [0.25, 0.3) is 0 Å². The van der Waals surface area contributed by atoms with Crippen molar-refractivity contribution in [3.63, 3.8) is 0 Å². The topological polar surface area (TPSA) is 75.3 Å². The molecule has 0 aliphatic carbocycles. The zero-order chi connectivity index (χ0) is 13.8. The summed E-state index contributed by atoms with van der Waals surface area (Å²) in [6, 6.07) is 4.36. The minimum Gasteiger partial charge on any atom is -0.326 e. The minimum atomic E-state index is -3.29. The normalized spacial score (nSPS) is 11.3. The lowest BCUT2D eigenvalue weighted by molar-refractivity contribution is -0.116. The molecule has 0 radical (unpaired) electrons. The van der Waals surface area contributed by atoms with Gasteiger partial charge in [-0.25, -0.2) is 17.5 Å². The Morgan fingerprint density at radius 1 is 1.39 bits per heavy atom. The summed E-state index contributed by atoms with van der Waals surface area (Å²) in [4.78, 5) is 11.4. The Balaban J connectivity index is 2.47. The Morgan fingerprint density at radius 2 is 2.06 bits per heavy atom. The smallest absolute Gasteiger partial charge is 0.225 e. The number of nitrogens with one attached hydrogen (secondary N) is 2. The van der Waals surface area contributed by atoms with Crippen LogP contribution in [-0.4, -0.2) is 27.1 Å². The van der Waals surface area contributed by atoms with E-state index >= 15 is 0 Å². The molecule has 1 aromatic carbocycles. The van der Waals surface area contributed by atoms with E-state index in [1.807, 2.05) is 0 Å². The van der Waals surface area contributed by atoms with Gasteiger partial charge in [0.2, 0.25) is 15.9 Å². The van der Waals surface area contributed by atoms with Crippen LogP contribution in [0.2, 0.25) is 0 Å². The first kappa shape index (κ1) is 14.6. The van der Waals surface area contributed by atoms with Gasteiger partial charge in [0.1, 0.15) is 5.82 Å². The molecule has 0 saturated carbocycles. The number of carbonyl (C=O) groups excluding carboxylic acids is 1. The Bertz CT molecular complexity index is 543. The summed E-state index contributed by atoms with van der Waals surface area (Å²) < 4.78 is 36.9. The van der Waals surface area contributed by atoms with Crippen LogP contribution in [0.4, 0.5) is 10.1 Å². The van der Waals surface area contributed by atoms with Gasteiger partial charge in [0.15, 0.2) is 0 Å². The van der Waals surface area contributed by atoms with Crippen LogP contribution in [-0.2, 0) is 14.8 Å². The standard InChI is InChI=1S/C11H15FN2O3S/c1-8-3-4-9(7-10(8)12)14-11(15)5-6-13-18(2,16)17/h3-4,7,13H,5-6H2,1-2H3,(H,14,15). The first-order valence-corrected chi connectivity index (χ1v) is 7.18. The maximum atomic E-state index is 13.2.